The van der Waals surface area contributed by atoms with Gasteiger partial charge in [0, 0.05) is 26.2 Å². The highest BCUT2D eigenvalue weighted by Crippen LogP contribution is 2.17. The molecule has 2 N–H and O–H groups in total. The van der Waals surface area contributed by atoms with Gasteiger partial charge in [-0.25, -0.2) is 18.1 Å². The van der Waals surface area contributed by atoms with E-state index in [1.54, 1.807) is 13.8 Å². The first kappa shape index (κ1) is 20.9. The molecule has 2 rings (SSSR count). The van der Waals surface area contributed by atoms with E-state index in [1.165, 1.54) is 0 Å². The second-order valence-electron chi connectivity index (χ2n) is 7.01. The van der Waals surface area contributed by atoms with Crippen molar-refractivity contribution in [3.63, 3.8) is 0 Å². The maximum absolute atomic E-state index is 11.6. The molecular weight excluding hydrogens is 352 g/mol. The molecule has 0 bridgehead atoms. The third kappa shape index (κ3) is 6.74. The number of sulfonamides is 1. The Balaban J connectivity index is 1.61. The number of rotatable bonds is 10. The van der Waals surface area contributed by atoms with Crippen molar-refractivity contribution in [2.24, 2.45) is 0 Å². The van der Waals surface area contributed by atoms with Crippen LogP contribution in [0.15, 0.2) is 18.3 Å². The van der Waals surface area contributed by atoms with Gasteiger partial charge in [-0.3, -0.25) is 0 Å². The number of aromatic nitrogens is 1. The normalized spacial score (nSPS) is 18.3. The van der Waals surface area contributed by atoms with Crippen LogP contribution in [0.25, 0.3) is 0 Å². The summed E-state index contributed by atoms with van der Waals surface area (Å²) in [6.45, 7) is 9.31. The van der Waals surface area contributed by atoms with Crippen LogP contribution in [0.5, 0.6) is 0 Å². The number of ether oxygens (including phenoxy) is 1. The Labute approximate surface area is 157 Å². The molecule has 1 aliphatic rings. The topological polar surface area (TPSA) is 83.6 Å². The largest absolute Gasteiger partial charge is 0.384 e. The summed E-state index contributed by atoms with van der Waals surface area (Å²) >= 11 is 0. The van der Waals surface area contributed by atoms with E-state index in [0.717, 1.165) is 57.0 Å². The number of morpholine rings is 1. The van der Waals surface area contributed by atoms with E-state index in [2.05, 4.69) is 32.9 Å². The number of anilines is 2. The number of pyridine rings is 1. The van der Waals surface area contributed by atoms with E-state index in [0.29, 0.717) is 6.54 Å². The Bertz CT molecular complexity index is 634. The number of nitrogens with one attached hydrogen (secondary N) is 2. The lowest BCUT2D eigenvalue weighted by Crippen LogP contribution is -2.41. The van der Waals surface area contributed by atoms with E-state index in [9.17, 15) is 8.42 Å². The second kappa shape index (κ2) is 10.1. The van der Waals surface area contributed by atoms with Crippen LogP contribution in [-0.4, -0.2) is 57.5 Å². The lowest BCUT2D eigenvalue weighted by Gasteiger charge is -2.32. The highest BCUT2D eigenvalue weighted by molar-refractivity contribution is 7.90. The van der Waals surface area contributed by atoms with Gasteiger partial charge < -0.3 is 15.0 Å². The highest BCUT2D eigenvalue weighted by Gasteiger charge is 2.17. The van der Waals surface area contributed by atoms with Gasteiger partial charge in [-0.1, -0.05) is 6.42 Å². The minimum atomic E-state index is -3.14. The predicted molar refractivity (Wildman–Crippen MR) is 106 cm³/mol. The molecule has 1 saturated heterocycles. The van der Waals surface area contributed by atoms with Crippen LogP contribution in [0.4, 0.5) is 11.5 Å². The minimum Gasteiger partial charge on any atom is -0.384 e. The number of hydrogen-bond donors (Lipinski definition) is 2. The van der Waals surface area contributed by atoms with Crippen LogP contribution in [0.1, 0.15) is 40.0 Å². The summed E-state index contributed by atoms with van der Waals surface area (Å²) in [6.07, 6.45) is 4.93. The predicted octanol–water partition coefficient (Wildman–Crippen LogP) is 2.22. The second-order valence-corrected chi connectivity index (χ2v) is 9.33. The highest BCUT2D eigenvalue weighted by atomic mass is 32.2. The molecule has 1 aromatic heterocycles. The van der Waals surface area contributed by atoms with Crippen molar-refractivity contribution >= 4 is 21.5 Å². The zero-order chi connectivity index (χ0) is 19.0. The maximum Gasteiger partial charge on any atom is 0.213 e. The van der Waals surface area contributed by atoms with Crippen LogP contribution in [0.3, 0.4) is 0 Å². The van der Waals surface area contributed by atoms with Crippen molar-refractivity contribution < 1.29 is 13.2 Å². The summed E-state index contributed by atoms with van der Waals surface area (Å²) in [5.74, 6) is 0.989. The third-order valence-electron chi connectivity index (χ3n) is 4.42. The molecule has 8 heteroatoms. The first-order chi connectivity index (χ1) is 12.4. The smallest absolute Gasteiger partial charge is 0.213 e. The maximum atomic E-state index is 11.6. The SMILES string of the molecule is CC(C)S(=O)(=O)NCCCCCNc1ccc(N2CCO[C@H](C)C2)nc1. The van der Waals surface area contributed by atoms with Crippen LogP contribution >= 0.6 is 0 Å². The molecule has 0 radical (unpaired) electrons. The molecule has 26 heavy (non-hydrogen) atoms. The number of hydrogen-bond acceptors (Lipinski definition) is 6. The van der Waals surface area contributed by atoms with E-state index >= 15 is 0 Å². The summed E-state index contributed by atoms with van der Waals surface area (Å²) < 4.78 is 31.4. The van der Waals surface area contributed by atoms with Gasteiger partial charge in [0.25, 0.3) is 0 Å². The molecule has 1 atom stereocenters. The molecule has 1 aromatic rings. The van der Waals surface area contributed by atoms with E-state index < -0.39 is 10.0 Å². The van der Waals surface area contributed by atoms with E-state index in [4.69, 9.17) is 4.74 Å². The average Bonchev–Trinajstić information content (AvgIpc) is 2.61. The van der Waals surface area contributed by atoms with Gasteiger partial charge in [0.05, 0.1) is 29.8 Å². The summed E-state index contributed by atoms with van der Waals surface area (Å²) in [7, 11) is -3.14. The molecule has 0 saturated carbocycles. The zero-order valence-corrected chi connectivity index (χ0v) is 16.9. The number of unbranched alkanes of at least 4 members (excludes halogenated alkanes) is 2. The van der Waals surface area contributed by atoms with Gasteiger partial charge in [0.15, 0.2) is 0 Å². The lowest BCUT2D eigenvalue weighted by molar-refractivity contribution is 0.0529. The van der Waals surface area contributed by atoms with Gasteiger partial charge in [-0.05, 0) is 45.7 Å². The fourth-order valence-electron chi connectivity index (χ4n) is 2.74. The zero-order valence-electron chi connectivity index (χ0n) is 16.1. The molecule has 0 aliphatic carbocycles. The summed E-state index contributed by atoms with van der Waals surface area (Å²) in [5, 5.41) is 2.99. The molecule has 148 valence electrons. The number of nitrogens with zero attached hydrogens (tertiary/aromatic N) is 2. The van der Waals surface area contributed by atoms with E-state index in [1.807, 2.05) is 12.3 Å². The van der Waals surface area contributed by atoms with Crippen LogP contribution < -0.4 is 14.9 Å². The fraction of sp³-hybridized carbons (Fsp3) is 0.722. The Morgan fingerprint density at radius 3 is 2.69 bits per heavy atom. The molecule has 1 fully saturated rings. The molecule has 0 aromatic carbocycles. The molecule has 0 unspecified atom stereocenters. The Morgan fingerprint density at radius 2 is 2.04 bits per heavy atom. The summed E-state index contributed by atoms with van der Waals surface area (Å²) in [5.41, 5.74) is 1.01. The average molecular weight is 385 g/mol. The van der Waals surface area contributed by atoms with Crippen molar-refractivity contribution in [1.82, 2.24) is 9.71 Å². The van der Waals surface area contributed by atoms with Gasteiger partial charge in [0.1, 0.15) is 5.82 Å². The van der Waals surface area contributed by atoms with Crippen molar-refractivity contribution in [1.29, 1.82) is 0 Å². The van der Waals surface area contributed by atoms with Crippen molar-refractivity contribution in [3.05, 3.63) is 18.3 Å². The third-order valence-corrected chi connectivity index (χ3v) is 6.27. The van der Waals surface area contributed by atoms with Crippen molar-refractivity contribution in [3.8, 4) is 0 Å². The van der Waals surface area contributed by atoms with Crippen molar-refractivity contribution in [2.75, 3.05) is 43.0 Å². The monoisotopic (exact) mass is 384 g/mol. The van der Waals surface area contributed by atoms with Gasteiger partial charge in [-0.2, -0.15) is 0 Å². The van der Waals surface area contributed by atoms with Crippen molar-refractivity contribution in [2.45, 2.75) is 51.4 Å². The molecule has 0 amide bonds. The molecule has 2 heterocycles. The summed E-state index contributed by atoms with van der Waals surface area (Å²) in [6, 6.07) is 4.10. The summed E-state index contributed by atoms with van der Waals surface area (Å²) in [4.78, 5) is 6.79. The Morgan fingerprint density at radius 1 is 1.27 bits per heavy atom. The van der Waals surface area contributed by atoms with Gasteiger partial charge >= 0.3 is 0 Å². The van der Waals surface area contributed by atoms with Crippen LogP contribution in [0.2, 0.25) is 0 Å². The Hall–Kier alpha value is -1.38. The van der Waals surface area contributed by atoms with E-state index in [-0.39, 0.29) is 11.4 Å². The quantitative estimate of drug-likeness (QED) is 0.602. The Kier molecular flexibility index (Phi) is 8.12. The molecule has 1 aliphatic heterocycles. The van der Waals surface area contributed by atoms with Crippen LogP contribution in [0, 0.1) is 0 Å². The molecule has 0 spiro atoms. The standard InChI is InChI=1S/C18H32N4O3S/c1-15(2)26(23,24)21-10-6-4-5-9-19-17-7-8-18(20-13-17)22-11-12-25-16(3)14-22/h7-8,13,15-16,19,21H,4-6,9-12,14H2,1-3H3/t16-/m1/s1. The van der Waals surface area contributed by atoms with Gasteiger partial charge in [0.2, 0.25) is 10.0 Å². The van der Waals surface area contributed by atoms with Crippen LogP contribution in [-0.2, 0) is 14.8 Å². The minimum absolute atomic E-state index is 0.244. The lowest BCUT2D eigenvalue weighted by atomic mass is 10.2. The molecule has 7 nitrogen and oxygen atoms in total. The fourth-order valence-corrected chi connectivity index (χ4v) is 3.51. The first-order valence-electron chi connectivity index (χ1n) is 9.43. The molecular formula is C18H32N4O3S. The first-order valence-corrected chi connectivity index (χ1v) is 11.0. The van der Waals surface area contributed by atoms with Gasteiger partial charge in [-0.15, -0.1) is 0 Å².